The van der Waals surface area contributed by atoms with Gasteiger partial charge in [0.25, 0.3) is 0 Å². The molecular weight excluding hydrogens is 267 g/mol. The Morgan fingerprint density at radius 1 is 1.29 bits per heavy atom. The van der Waals surface area contributed by atoms with Crippen LogP contribution in [0, 0.1) is 5.92 Å². The van der Waals surface area contributed by atoms with Crippen molar-refractivity contribution >= 4 is 12.9 Å². The Kier molecular flexibility index (Phi) is 4.97. The normalized spacial score (nSPS) is 16.4. The predicted octanol–water partition coefficient (Wildman–Crippen LogP) is 1.52. The molecule has 0 spiro atoms. The maximum atomic E-state index is 10.1. The van der Waals surface area contributed by atoms with E-state index in [2.05, 4.69) is 0 Å². The Morgan fingerprint density at radius 3 is 2.57 bits per heavy atom. The molecule has 0 aliphatic carbocycles. The van der Waals surface area contributed by atoms with Crippen LogP contribution >= 0.6 is 0 Å². The zero-order chi connectivity index (χ0) is 15.5. The molecule has 1 aliphatic heterocycles. The molecule has 1 aromatic rings. The summed E-state index contributed by atoms with van der Waals surface area (Å²) in [5.41, 5.74) is -0.690. The van der Waals surface area contributed by atoms with Crippen LogP contribution in [0.1, 0.15) is 27.7 Å². The van der Waals surface area contributed by atoms with Crippen LogP contribution < -0.4 is 10.2 Å². The van der Waals surface area contributed by atoms with Crippen LogP contribution in [-0.4, -0.2) is 43.6 Å². The molecule has 21 heavy (non-hydrogen) atoms. The molecule has 0 atom stereocenters. The lowest BCUT2D eigenvalue weighted by Gasteiger charge is -2.37. The van der Waals surface area contributed by atoms with Gasteiger partial charge >= 0.3 is 7.48 Å². The SMILES string of the molecule is CC(C)(O)C(C)(C)O[B]c1cccc(OCC2COC2)c1. The van der Waals surface area contributed by atoms with Crippen LogP contribution in [0.3, 0.4) is 0 Å². The molecule has 4 nitrogen and oxygen atoms in total. The first-order chi connectivity index (χ1) is 9.78. The number of ether oxygens (including phenoxy) is 2. The fourth-order valence-corrected chi connectivity index (χ4v) is 1.63. The summed E-state index contributed by atoms with van der Waals surface area (Å²) in [4.78, 5) is 0. The van der Waals surface area contributed by atoms with Gasteiger partial charge in [0.1, 0.15) is 5.75 Å². The quantitative estimate of drug-likeness (QED) is 0.774. The standard InChI is InChI=1S/C16H24BO4/c1-15(2,18)16(3,4)21-17-13-6-5-7-14(8-13)20-11-12-9-19-10-12/h5-8,12,18H,9-11H2,1-4H3. The van der Waals surface area contributed by atoms with E-state index in [1.54, 1.807) is 21.3 Å². The zero-order valence-corrected chi connectivity index (χ0v) is 13.3. The van der Waals surface area contributed by atoms with Gasteiger partial charge in [-0.1, -0.05) is 12.1 Å². The number of hydrogen-bond donors (Lipinski definition) is 1. The average molecular weight is 291 g/mol. The monoisotopic (exact) mass is 291 g/mol. The molecule has 1 heterocycles. The van der Waals surface area contributed by atoms with Crippen LogP contribution in [0.4, 0.5) is 0 Å². The van der Waals surface area contributed by atoms with Crippen molar-refractivity contribution in [1.82, 2.24) is 0 Å². The fraction of sp³-hybridized carbons (Fsp3) is 0.625. The van der Waals surface area contributed by atoms with E-state index < -0.39 is 11.2 Å². The van der Waals surface area contributed by atoms with Gasteiger partial charge in [-0.2, -0.15) is 0 Å². The first-order valence-corrected chi connectivity index (χ1v) is 7.32. The summed E-state index contributed by atoms with van der Waals surface area (Å²) in [6, 6.07) is 7.73. The third kappa shape index (κ3) is 4.46. The Balaban J connectivity index is 1.88. The molecule has 0 unspecified atom stereocenters. The van der Waals surface area contributed by atoms with Crippen LogP contribution in [0.25, 0.3) is 0 Å². The van der Waals surface area contributed by atoms with Crippen molar-refractivity contribution in [2.45, 2.75) is 38.9 Å². The average Bonchev–Trinajstić information content (AvgIpc) is 2.34. The molecule has 0 amide bonds. The van der Waals surface area contributed by atoms with E-state index >= 15 is 0 Å². The van der Waals surface area contributed by atoms with Crippen molar-refractivity contribution in [1.29, 1.82) is 0 Å². The van der Waals surface area contributed by atoms with Crippen molar-refractivity contribution in [2.75, 3.05) is 19.8 Å². The second kappa shape index (κ2) is 6.38. The van der Waals surface area contributed by atoms with Crippen molar-refractivity contribution in [3.63, 3.8) is 0 Å². The molecule has 0 bridgehead atoms. The Hall–Kier alpha value is -1.04. The maximum Gasteiger partial charge on any atom is 0.331 e. The second-order valence-electron chi connectivity index (χ2n) is 6.59. The molecule has 1 aromatic carbocycles. The lowest BCUT2D eigenvalue weighted by molar-refractivity contribution is -0.0893. The molecule has 1 saturated heterocycles. The van der Waals surface area contributed by atoms with Crippen LogP contribution in [0.15, 0.2) is 24.3 Å². The first kappa shape index (κ1) is 16.3. The number of benzene rings is 1. The highest BCUT2D eigenvalue weighted by atomic mass is 16.5. The molecule has 5 heteroatoms. The summed E-state index contributed by atoms with van der Waals surface area (Å²) < 4.78 is 16.6. The molecule has 2 rings (SSSR count). The predicted molar refractivity (Wildman–Crippen MR) is 83.1 cm³/mol. The fourth-order valence-electron chi connectivity index (χ4n) is 1.63. The second-order valence-corrected chi connectivity index (χ2v) is 6.59. The third-order valence-corrected chi connectivity index (χ3v) is 4.01. The van der Waals surface area contributed by atoms with Crippen LogP contribution in [-0.2, 0) is 9.39 Å². The van der Waals surface area contributed by atoms with Gasteiger partial charge in [-0.3, -0.25) is 0 Å². The van der Waals surface area contributed by atoms with E-state index in [1.165, 1.54) is 0 Å². The van der Waals surface area contributed by atoms with Gasteiger partial charge in [-0.15, -0.1) is 0 Å². The van der Waals surface area contributed by atoms with E-state index in [0.717, 1.165) is 24.4 Å². The molecule has 1 N–H and O–H groups in total. The minimum atomic E-state index is -0.929. The summed E-state index contributed by atoms with van der Waals surface area (Å²) in [6.45, 7) is 9.45. The van der Waals surface area contributed by atoms with Crippen LogP contribution in [0.2, 0.25) is 0 Å². The van der Waals surface area contributed by atoms with Crippen molar-refractivity contribution < 1.29 is 19.2 Å². The van der Waals surface area contributed by atoms with E-state index in [1.807, 2.05) is 38.1 Å². The number of hydrogen-bond acceptors (Lipinski definition) is 4. The Labute approximate surface area is 127 Å². The minimum Gasteiger partial charge on any atom is -0.493 e. The highest BCUT2D eigenvalue weighted by Crippen LogP contribution is 2.24. The lowest BCUT2D eigenvalue weighted by atomic mass is 9.82. The van der Waals surface area contributed by atoms with Gasteiger partial charge in [-0.05, 0) is 45.3 Å². The molecule has 1 radical (unpaired) electrons. The first-order valence-electron chi connectivity index (χ1n) is 7.32. The van der Waals surface area contributed by atoms with Gasteiger partial charge in [0, 0.05) is 5.92 Å². The molecule has 1 fully saturated rings. The summed E-state index contributed by atoms with van der Waals surface area (Å²) in [7, 11) is 1.66. The zero-order valence-electron chi connectivity index (χ0n) is 13.3. The number of rotatable bonds is 7. The van der Waals surface area contributed by atoms with Crippen LogP contribution in [0.5, 0.6) is 5.75 Å². The smallest absolute Gasteiger partial charge is 0.331 e. The molecule has 1 aliphatic rings. The topological polar surface area (TPSA) is 47.9 Å². The molecule has 115 valence electrons. The highest BCUT2D eigenvalue weighted by molar-refractivity contribution is 6.47. The lowest BCUT2D eigenvalue weighted by Crippen LogP contribution is -2.49. The summed E-state index contributed by atoms with van der Waals surface area (Å²) in [6.07, 6.45) is 0. The summed E-state index contributed by atoms with van der Waals surface area (Å²) in [5.74, 6) is 1.32. The summed E-state index contributed by atoms with van der Waals surface area (Å²) in [5, 5.41) is 10.1. The van der Waals surface area contributed by atoms with Crippen molar-refractivity contribution in [3.05, 3.63) is 24.3 Å². The highest BCUT2D eigenvalue weighted by Gasteiger charge is 2.35. The van der Waals surface area contributed by atoms with E-state index in [-0.39, 0.29) is 0 Å². The van der Waals surface area contributed by atoms with Gasteiger partial charge in [0.05, 0.1) is 31.0 Å². The number of aliphatic hydroxyl groups is 1. The maximum absolute atomic E-state index is 10.1. The Morgan fingerprint density at radius 2 is 2.00 bits per heavy atom. The molecule has 0 aromatic heterocycles. The van der Waals surface area contributed by atoms with Gasteiger partial charge in [0.2, 0.25) is 0 Å². The van der Waals surface area contributed by atoms with Gasteiger partial charge in [-0.25, -0.2) is 0 Å². The van der Waals surface area contributed by atoms with E-state index in [0.29, 0.717) is 12.5 Å². The Bertz CT molecular complexity index is 464. The van der Waals surface area contributed by atoms with Crippen molar-refractivity contribution in [3.8, 4) is 5.75 Å². The van der Waals surface area contributed by atoms with E-state index in [9.17, 15) is 5.11 Å². The van der Waals surface area contributed by atoms with Crippen molar-refractivity contribution in [2.24, 2.45) is 5.92 Å². The van der Waals surface area contributed by atoms with Gasteiger partial charge in [0.15, 0.2) is 0 Å². The largest absolute Gasteiger partial charge is 0.493 e. The minimum absolute atomic E-state index is 0.503. The van der Waals surface area contributed by atoms with E-state index in [4.69, 9.17) is 14.1 Å². The summed E-state index contributed by atoms with van der Waals surface area (Å²) >= 11 is 0. The van der Waals surface area contributed by atoms with Gasteiger partial charge < -0.3 is 19.2 Å². The molecule has 0 saturated carbocycles. The molecular formula is C16H24BO4. The third-order valence-electron chi connectivity index (χ3n) is 4.01.